The van der Waals surface area contributed by atoms with Crippen molar-refractivity contribution in [3.8, 4) is 0 Å². The number of H-pyrrole nitrogens is 1. The second kappa shape index (κ2) is 4.75. The van der Waals surface area contributed by atoms with Gasteiger partial charge in [0, 0.05) is 11.6 Å². The normalized spacial score (nSPS) is 10.1. The predicted molar refractivity (Wildman–Crippen MR) is 60.2 cm³/mol. The zero-order valence-corrected chi connectivity index (χ0v) is 9.38. The summed E-state index contributed by atoms with van der Waals surface area (Å²) in [6.07, 6.45) is 0. The highest BCUT2D eigenvalue weighted by Crippen LogP contribution is 2.25. The average molecular weight is 269 g/mol. The molecule has 0 radical (unpaired) electrons. The van der Waals surface area contributed by atoms with Crippen LogP contribution in [0.25, 0.3) is 0 Å². The largest absolute Gasteiger partial charge is 0.289 e. The lowest BCUT2D eigenvalue weighted by molar-refractivity contribution is -0.384. The molecule has 1 heterocycles. The van der Waals surface area contributed by atoms with E-state index in [1.165, 1.54) is 12.1 Å². The van der Waals surface area contributed by atoms with E-state index in [9.17, 15) is 14.9 Å². The maximum absolute atomic E-state index is 11.7. The number of carbonyl (C=O) groups excluding carboxylic acids is 1. The fourth-order valence-corrected chi connectivity index (χ4v) is 1.37. The molecule has 0 aliphatic carbocycles. The average Bonchev–Trinajstić information content (AvgIpc) is 2.81. The summed E-state index contributed by atoms with van der Waals surface area (Å²) in [7, 11) is 0. The van der Waals surface area contributed by atoms with Gasteiger partial charge >= 0.3 is 0 Å². The van der Waals surface area contributed by atoms with Crippen molar-refractivity contribution in [2.24, 2.45) is 0 Å². The highest BCUT2D eigenvalue weighted by molar-refractivity contribution is 6.32. The van der Waals surface area contributed by atoms with Crippen molar-refractivity contribution < 1.29 is 9.72 Å². The Morgan fingerprint density at radius 2 is 2.28 bits per heavy atom. The Balaban J connectivity index is 2.26. The van der Waals surface area contributed by atoms with E-state index in [2.05, 4.69) is 25.9 Å². The number of carbonyl (C=O) groups is 1. The zero-order valence-electron chi connectivity index (χ0n) is 8.62. The van der Waals surface area contributed by atoms with Crippen LogP contribution in [0.4, 0.5) is 11.6 Å². The van der Waals surface area contributed by atoms with E-state index in [0.29, 0.717) is 0 Å². The summed E-state index contributed by atoms with van der Waals surface area (Å²) in [4.78, 5) is 21.7. The molecule has 2 N–H and O–H groups in total. The molecule has 18 heavy (non-hydrogen) atoms. The van der Waals surface area contributed by atoms with Gasteiger partial charge in [0.05, 0.1) is 4.92 Å². The van der Waals surface area contributed by atoms with Crippen LogP contribution in [0.15, 0.2) is 18.2 Å². The number of nitro groups is 1. The standard InChI is InChI=1S/C8H5ClN6O3/c9-5-2-1-4(3-6(5)15(17)18)7(16)10-8-11-13-14-12-8/h1-3H,(H2,10,11,12,13,14,16). The molecule has 0 atom stereocenters. The Morgan fingerprint density at radius 1 is 1.50 bits per heavy atom. The maximum atomic E-state index is 11.7. The van der Waals surface area contributed by atoms with Gasteiger partial charge in [-0.1, -0.05) is 16.7 Å². The minimum Gasteiger partial charge on any atom is -0.289 e. The Bertz CT molecular complexity index is 599. The Hall–Kier alpha value is -2.55. The van der Waals surface area contributed by atoms with Crippen molar-refractivity contribution in [2.75, 3.05) is 5.32 Å². The number of halogens is 1. The van der Waals surface area contributed by atoms with Gasteiger partial charge in [0.1, 0.15) is 5.02 Å². The monoisotopic (exact) mass is 268 g/mol. The second-order valence-electron chi connectivity index (χ2n) is 3.13. The molecule has 0 aliphatic heterocycles. The highest BCUT2D eigenvalue weighted by Gasteiger charge is 2.16. The highest BCUT2D eigenvalue weighted by atomic mass is 35.5. The summed E-state index contributed by atoms with van der Waals surface area (Å²) in [6, 6.07) is 3.70. The number of nitrogens with zero attached hydrogens (tertiary/aromatic N) is 4. The fraction of sp³-hybridized carbons (Fsp3) is 0. The van der Waals surface area contributed by atoms with E-state index >= 15 is 0 Å². The lowest BCUT2D eigenvalue weighted by Crippen LogP contribution is -2.13. The number of aromatic nitrogens is 4. The van der Waals surface area contributed by atoms with Crippen molar-refractivity contribution in [1.29, 1.82) is 0 Å². The third kappa shape index (κ3) is 2.40. The first kappa shape index (κ1) is 11.9. The summed E-state index contributed by atoms with van der Waals surface area (Å²) in [5.74, 6) is -0.550. The fourth-order valence-electron chi connectivity index (χ4n) is 1.19. The van der Waals surface area contributed by atoms with Gasteiger partial charge in [-0.25, -0.2) is 5.10 Å². The van der Waals surface area contributed by atoms with Crippen LogP contribution in [0.1, 0.15) is 10.4 Å². The van der Waals surface area contributed by atoms with Crippen LogP contribution >= 0.6 is 11.6 Å². The van der Waals surface area contributed by atoms with E-state index in [0.717, 1.165) is 6.07 Å². The lowest BCUT2D eigenvalue weighted by Gasteiger charge is -2.01. The molecule has 0 saturated heterocycles. The molecule has 92 valence electrons. The minimum atomic E-state index is -0.672. The van der Waals surface area contributed by atoms with E-state index in [-0.39, 0.29) is 22.2 Å². The molecule has 0 spiro atoms. The lowest BCUT2D eigenvalue weighted by atomic mass is 10.2. The zero-order chi connectivity index (χ0) is 13.1. The van der Waals surface area contributed by atoms with E-state index in [1.54, 1.807) is 0 Å². The van der Waals surface area contributed by atoms with Gasteiger partial charge in [-0.15, -0.1) is 0 Å². The van der Waals surface area contributed by atoms with Gasteiger partial charge in [0.25, 0.3) is 11.6 Å². The molecule has 9 nitrogen and oxygen atoms in total. The van der Waals surface area contributed by atoms with Crippen LogP contribution < -0.4 is 5.32 Å². The van der Waals surface area contributed by atoms with Crippen molar-refractivity contribution in [1.82, 2.24) is 20.6 Å². The molecule has 0 saturated carbocycles. The summed E-state index contributed by atoms with van der Waals surface area (Å²) in [5.41, 5.74) is -0.275. The van der Waals surface area contributed by atoms with Gasteiger partial charge in [-0.2, -0.15) is 0 Å². The number of rotatable bonds is 3. The maximum Gasteiger partial charge on any atom is 0.288 e. The number of amides is 1. The smallest absolute Gasteiger partial charge is 0.288 e. The summed E-state index contributed by atoms with van der Waals surface area (Å²) in [5, 5.41) is 25.2. The van der Waals surface area contributed by atoms with Gasteiger partial charge in [-0.05, 0) is 22.6 Å². The predicted octanol–water partition coefficient (Wildman–Crippen LogP) is 1.01. The number of benzene rings is 1. The number of nitro benzene ring substituents is 1. The molecular weight excluding hydrogens is 264 g/mol. The van der Waals surface area contributed by atoms with Gasteiger partial charge < -0.3 is 0 Å². The molecule has 10 heteroatoms. The van der Waals surface area contributed by atoms with E-state index in [1.807, 2.05) is 0 Å². The number of tetrazole rings is 1. The Kier molecular flexibility index (Phi) is 3.15. The summed E-state index contributed by atoms with van der Waals surface area (Å²) >= 11 is 5.63. The van der Waals surface area contributed by atoms with Crippen LogP contribution in [0.3, 0.4) is 0 Å². The third-order valence-corrected chi connectivity index (χ3v) is 2.30. The van der Waals surface area contributed by atoms with Gasteiger partial charge in [-0.3, -0.25) is 20.2 Å². The number of aromatic amines is 1. The van der Waals surface area contributed by atoms with Gasteiger partial charge in [0.2, 0.25) is 5.95 Å². The van der Waals surface area contributed by atoms with Gasteiger partial charge in [0.15, 0.2) is 0 Å². The number of hydrogen-bond donors (Lipinski definition) is 2. The number of hydrogen-bond acceptors (Lipinski definition) is 6. The van der Waals surface area contributed by atoms with E-state index in [4.69, 9.17) is 11.6 Å². The quantitative estimate of drug-likeness (QED) is 0.632. The SMILES string of the molecule is O=C(Nc1nnn[nH]1)c1ccc(Cl)c([N+](=O)[O-])c1. The molecule has 0 aliphatic rings. The molecule has 2 rings (SSSR count). The summed E-state index contributed by atoms with van der Waals surface area (Å²) in [6.45, 7) is 0. The molecule has 2 aromatic rings. The van der Waals surface area contributed by atoms with Crippen LogP contribution in [0, 0.1) is 10.1 Å². The minimum absolute atomic E-state index is 0.0394. The molecule has 0 fully saturated rings. The van der Waals surface area contributed by atoms with Crippen molar-refractivity contribution >= 4 is 29.1 Å². The van der Waals surface area contributed by atoms with Crippen molar-refractivity contribution in [2.45, 2.75) is 0 Å². The molecule has 1 aromatic heterocycles. The molecule has 0 bridgehead atoms. The van der Waals surface area contributed by atoms with E-state index < -0.39 is 10.8 Å². The first-order valence-corrected chi connectivity index (χ1v) is 4.95. The molecule has 0 unspecified atom stereocenters. The second-order valence-corrected chi connectivity index (χ2v) is 3.53. The third-order valence-electron chi connectivity index (χ3n) is 1.98. The van der Waals surface area contributed by atoms with Crippen molar-refractivity contribution in [3.05, 3.63) is 38.9 Å². The Morgan fingerprint density at radius 3 is 2.89 bits per heavy atom. The number of nitrogens with one attached hydrogen (secondary N) is 2. The molecular formula is C8H5ClN6O3. The summed E-state index contributed by atoms with van der Waals surface area (Å²) < 4.78 is 0. The topological polar surface area (TPSA) is 127 Å². The molecule has 1 aromatic carbocycles. The van der Waals surface area contributed by atoms with Crippen LogP contribution in [-0.2, 0) is 0 Å². The van der Waals surface area contributed by atoms with Crippen LogP contribution in [-0.4, -0.2) is 31.5 Å². The van der Waals surface area contributed by atoms with Crippen LogP contribution in [0.5, 0.6) is 0 Å². The first-order chi connectivity index (χ1) is 8.58. The Labute approximate surface area is 104 Å². The van der Waals surface area contributed by atoms with Crippen LogP contribution in [0.2, 0.25) is 5.02 Å². The van der Waals surface area contributed by atoms with Crippen molar-refractivity contribution in [3.63, 3.8) is 0 Å². The molecule has 1 amide bonds. The number of anilines is 1. The first-order valence-electron chi connectivity index (χ1n) is 4.57.